The van der Waals surface area contributed by atoms with Crippen molar-refractivity contribution in [3.8, 4) is 0 Å². The van der Waals surface area contributed by atoms with Crippen molar-refractivity contribution in [3.05, 3.63) is 24.3 Å². The first-order chi connectivity index (χ1) is 8.76. The Morgan fingerprint density at radius 1 is 1.22 bits per heavy atom. The Hall–Kier alpha value is -1.26. The molecule has 0 radical (unpaired) electrons. The van der Waals surface area contributed by atoms with E-state index in [1.807, 2.05) is 31.3 Å². The maximum Gasteiger partial charge on any atom is 0.0589 e. The quantitative estimate of drug-likeness (QED) is 0.804. The van der Waals surface area contributed by atoms with Crippen molar-refractivity contribution in [2.75, 3.05) is 51.4 Å². The number of anilines is 2. The lowest BCUT2D eigenvalue weighted by atomic mass is 10.3. The molecule has 0 aromatic heterocycles. The van der Waals surface area contributed by atoms with Crippen LogP contribution in [-0.4, -0.2) is 45.3 Å². The topological polar surface area (TPSA) is 50.5 Å². The molecule has 1 aliphatic heterocycles. The first kappa shape index (κ1) is 14.8. The molecular weight excluding hydrogens is 226 g/mol. The number of likely N-dealkylation sites (tertiary alicyclic amines) is 1. The van der Waals surface area contributed by atoms with Crippen molar-refractivity contribution in [3.63, 3.8) is 0 Å². The molecule has 2 rings (SSSR count). The number of nitrogens with zero attached hydrogens (tertiary/aromatic N) is 1. The molecule has 1 aromatic rings. The highest BCUT2D eigenvalue weighted by Gasteiger charge is 2.09. The molecule has 0 spiro atoms. The van der Waals surface area contributed by atoms with E-state index in [4.69, 9.17) is 10.5 Å². The molecule has 3 N–H and O–H groups in total. The monoisotopic (exact) mass is 251 g/mol. The Morgan fingerprint density at radius 3 is 2.33 bits per heavy atom. The lowest BCUT2D eigenvalue weighted by molar-refractivity contribution is 0.161. The van der Waals surface area contributed by atoms with E-state index in [1.165, 1.54) is 25.9 Å². The van der Waals surface area contributed by atoms with Crippen LogP contribution in [0.15, 0.2) is 24.3 Å². The highest BCUT2D eigenvalue weighted by atomic mass is 16.5. The van der Waals surface area contributed by atoms with Gasteiger partial charge >= 0.3 is 0 Å². The first-order valence-corrected chi connectivity index (χ1v) is 6.51. The molecule has 1 fully saturated rings. The Bertz CT molecular complexity index is 307. The molecule has 0 bridgehead atoms. The van der Waals surface area contributed by atoms with Crippen molar-refractivity contribution in [2.45, 2.75) is 12.8 Å². The average Bonchev–Trinajstić information content (AvgIpc) is 2.91. The van der Waals surface area contributed by atoms with Crippen molar-refractivity contribution in [2.24, 2.45) is 0 Å². The highest BCUT2D eigenvalue weighted by Crippen LogP contribution is 2.08. The van der Waals surface area contributed by atoms with Crippen molar-refractivity contribution >= 4 is 11.4 Å². The van der Waals surface area contributed by atoms with Crippen molar-refractivity contribution in [1.82, 2.24) is 4.90 Å². The van der Waals surface area contributed by atoms with Crippen LogP contribution >= 0.6 is 0 Å². The van der Waals surface area contributed by atoms with Gasteiger partial charge in [-0.05, 0) is 50.2 Å². The normalized spacial score (nSPS) is 15.0. The second kappa shape index (κ2) is 8.78. The van der Waals surface area contributed by atoms with Crippen LogP contribution in [0.3, 0.4) is 0 Å². The SMILES string of the molecule is CNc1ccc(N)cc1.COCCN1CCCC1. The van der Waals surface area contributed by atoms with Gasteiger partial charge in [0.1, 0.15) is 0 Å². The van der Waals surface area contributed by atoms with Crippen LogP contribution in [0.2, 0.25) is 0 Å². The van der Waals surface area contributed by atoms with Gasteiger partial charge in [0.05, 0.1) is 6.61 Å². The average molecular weight is 251 g/mol. The third-order valence-electron chi connectivity index (χ3n) is 3.01. The third-order valence-corrected chi connectivity index (χ3v) is 3.01. The van der Waals surface area contributed by atoms with Gasteiger partial charge in [-0.3, -0.25) is 0 Å². The molecule has 4 nitrogen and oxygen atoms in total. The molecule has 0 unspecified atom stereocenters. The second-order valence-electron chi connectivity index (χ2n) is 4.41. The largest absolute Gasteiger partial charge is 0.399 e. The number of rotatable bonds is 4. The number of hydrogen-bond donors (Lipinski definition) is 2. The van der Waals surface area contributed by atoms with E-state index in [-0.39, 0.29) is 0 Å². The number of nitrogen functional groups attached to an aromatic ring is 1. The molecule has 0 aliphatic carbocycles. The number of ether oxygens (including phenoxy) is 1. The van der Waals surface area contributed by atoms with Gasteiger partial charge in [-0.25, -0.2) is 0 Å². The van der Waals surface area contributed by atoms with Crippen LogP contribution in [0.25, 0.3) is 0 Å². The number of hydrogen-bond acceptors (Lipinski definition) is 4. The van der Waals surface area contributed by atoms with Gasteiger partial charge in [0.2, 0.25) is 0 Å². The summed E-state index contributed by atoms with van der Waals surface area (Å²) < 4.78 is 4.96. The summed E-state index contributed by atoms with van der Waals surface area (Å²) in [6, 6.07) is 7.61. The summed E-state index contributed by atoms with van der Waals surface area (Å²) in [4.78, 5) is 2.45. The second-order valence-corrected chi connectivity index (χ2v) is 4.41. The zero-order chi connectivity index (χ0) is 13.2. The number of methoxy groups -OCH3 is 1. The summed E-state index contributed by atoms with van der Waals surface area (Å²) in [5, 5.41) is 3.00. The maximum atomic E-state index is 5.45. The fraction of sp³-hybridized carbons (Fsp3) is 0.571. The predicted octanol–water partition coefficient (Wildman–Crippen LogP) is 2.04. The molecule has 0 atom stereocenters. The van der Waals surface area contributed by atoms with E-state index in [1.54, 1.807) is 7.11 Å². The molecule has 1 heterocycles. The van der Waals surface area contributed by atoms with E-state index >= 15 is 0 Å². The molecule has 1 saturated heterocycles. The molecule has 102 valence electrons. The fourth-order valence-corrected chi connectivity index (χ4v) is 1.88. The fourth-order valence-electron chi connectivity index (χ4n) is 1.88. The Balaban J connectivity index is 0.000000180. The summed E-state index contributed by atoms with van der Waals surface area (Å²) in [6.45, 7) is 4.57. The van der Waals surface area contributed by atoms with Crippen LogP contribution in [0.1, 0.15) is 12.8 Å². The van der Waals surface area contributed by atoms with Crippen molar-refractivity contribution < 1.29 is 4.74 Å². The lowest BCUT2D eigenvalue weighted by Crippen LogP contribution is -2.23. The van der Waals surface area contributed by atoms with Crippen LogP contribution in [-0.2, 0) is 4.74 Å². The molecule has 18 heavy (non-hydrogen) atoms. The molecule has 4 heteroatoms. The smallest absolute Gasteiger partial charge is 0.0589 e. The first-order valence-electron chi connectivity index (χ1n) is 6.51. The number of nitrogens with one attached hydrogen (secondary N) is 1. The molecule has 0 saturated carbocycles. The third kappa shape index (κ3) is 5.89. The van der Waals surface area contributed by atoms with Crippen LogP contribution in [0.5, 0.6) is 0 Å². The van der Waals surface area contributed by atoms with Crippen LogP contribution in [0, 0.1) is 0 Å². The van der Waals surface area contributed by atoms with Gasteiger partial charge in [-0.1, -0.05) is 0 Å². The standard InChI is InChI=1S/C7H10N2.C7H15NO/c1-9-7-4-2-6(8)3-5-7;1-9-7-6-8-4-2-3-5-8/h2-5,9H,8H2,1H3;2-7H2,1H3. The summed E-state index contributed by atoms with van der Waals surface area (Å²) in [7, 11) is 3.64. The number of benzene rings is 1. The zero-order valence-corrected chi connectivity index (χ0v) is 11.5. The lowest BCUT2D eigenvalue weighted by Gasteiger charge is -2.12. The highest BCUT2D eigenvalue weighted by molar-refractivity contribution is 5.50. The maximum absolute atomic E-state index is 5.45. The van der Waals surface area contributed by atoms with E-state index in [0.29, 0.717) is 0 Å². The minimum atomic E-state index is 0.800. The van der Waals surface area contributed by atoms with Gasteiger partial charge in [-0.15, -0.1) is 0 Å². The molecule has 1 aromatic carbocycles. The summed E-state index contributed by atoms with van der Waals surface area (Å²) >= 11 is 0. The Morgan fingerprint density at radius 2 is 1.83 bits per heavy atom. The van der Waals surface area contributed by atoms with Crippen LogP contribution < -0.4 is 11.1 Å². The van der Waals surface area contributed by atoms with Gasteiger partial charge in [0.25, 0.3) is 0 Å². The molecule has 1 aliphatic rings. The Labute approximate surface area is 110 Å². The Kier molecular flexibility index (Phi) is 7.22. The predicted molar refractivity (Wildman–Crippen MR) is 78.0 cm³/mol. The summed E-state index contributed by atoms with van der Waals surface area (Å²) in [5.41, 5.74) is 7.34. The van der Waals surface area contributed by atoms with Gasteiger partial charge in [0, 0.05) is 32.1 Å². The van der Waals surface area contributed by atoms with Crippen LogP contribution in [0.4, 0.5) is 11.4 Å². The van der Waals surface area contributed by atoms with Gasteiger partial charge in [0.15, 0.2) is 0 Å². The minimum Gasteiger partial charge on any atom is -0.399 e. The van der Waals surface area contributed by atoms with E-state index in [9.17, 15) is 0 Å². The zero-order valence-electron chi connectivity index (χ0n) is 11.5. The minimum absolute atomic E-state index is 0.800. The van der Waals surface area contributed by atoms with E-state index < -0.39 is 0 Å². The summed E-state index contributed by atoms with van der Waals surface area (Å²) in [5.74, 6) is 0. The van der Waals surface area contributed by atoms with E-state index in [0.717, 1.165) is 24.5 Å². The van der Waals surface area contributed by atoms with Crippen molar-refractivity contribution in [1.29, 1.82) is 0 Å². The van der Waals surface area contributed by atoms with E-state index in [2.05, 4.69) is 10.2 Å². The van der Waals surface area contributed by atoms with Gasteiger partial charge in [-0.2, -0.15) is 0 Å². The molecule has 0 amide bonds. The summed E-state index contributed by atoms with van der Waals surface area (Å²) in [6.07, 6.45) is 2.76. The van der Waals surface area contributed by atoms with Gasteiger partial charge < -0.3 is 20.7 Å². The molecular formula is C14H25N3O. The number of nitrogens with two attached hydrogens (primary N) is 1.